The highest BCUT2D eigenvalue weighted by Gasteiger charge is 2.45. The van der Waals surface area contributed by atoms with E-state index in [1.807, 2.05) is 6.92 Å². The van der Waals surface area contributed by atoms with E-state index < -0.39 is 54.7 Å². The molecule has 204 valence electrons. The van der Waals surface area contributed by atoms with Crippen molar-refractivity contribution >= 4 is 29.4 Å². The molecule has 1 amide bonds. The molecular weight excluding hydrogens is 551 g/mol. The first-order valence-electron chi connectivity index (χ1n) is 10.2. The molecule has 1 saturated heterocycles. The normalized spacial score (nSPS) is 26.9. The number of azide groups is 1. The van der Waals surface area contributed by atoms with Crippen LogP contribution in [0.3, 0.4) is 0 Å². The van der Waals surface area contributed by atoms with Crippen molar-refractivity contribution in [1.82, 2.24) is 10.2 Å². The zero-order chi connectivity index (χ0) is 27.3. The smallest absolute Gasteiger partial charge is 0.366 e. The van der Waals surface area contributed by atoms with Gasteiger partial charge in [-0.05, 0) is 18.9 Å². The molecule has 0 aromatic heterocycles. The molecule has 36 heavy (non-hydrogen) atoms. The third kappa shape index (κ3) is 9.36. The Morgan fingerprint density at radius 1 is 1.31 bits per heavy atom. The van der Waals surface area contributed by atoms with E-state index in [9.17, 15) is 28.3 Å². The fourth-order valence-corrected chi connectivity index (χ4v) is 6.22. The molecule has 0 aromatic carbocycles. The lowest BCUT2D eigenvalue weighted by molar-refractivity contribution is -0.119. The average molecular weight is 577 g/mol. The number of rotatable bonds is 13. The quantitative estimate of drug-likeness (QED) is 0.0908. The topological polar surface area (TPSA) is 259 Å². The highest BCUT2D eigenvalue weighted by Crippen LogP contribution is 2.66. The summed E-state index contributed by atoms with van der Waals surface area (Å²) in [7, 11) is -16.7. The van der Waals surface area contributed by atoms with Crippen LogP contribution in [0.5, 0.6) is 0 Å². The van der Waals surface area contributed by atoms with Crippen LogP contribution in [0.2, 0.25) is 0 Å². The monoisotopic (exact) mass is 577 g/mol. The molecule has 0 aliphatic carbocycles. The number of carbonyl (C=O) groups excluding carboxylic acids is 1. The summed E-state index contributed by atoms with van der Waals surface area (Å²) < 4.78 is 58.1. The number of phosphoric ester groups is 1. The lowest BCUT2D eigenvalue weighted by Gasteiger charge is -2.32. The van der Waals surface area contributed by atoms with Gasteiger partial charge in [0.15, 0.2) is 0 Å². The lowest BCUT2D eigenvalue weighted by Crippen LogP contribution is -2.42. The van der Waals surface area contributed by atoms with Crippen LogP contribution in [0.1, 0.15) is 33.1 Å². The highest BCUT2D eigenvalue weighted by molar-refractivity contribution is 7.66. The first-order chi connectivity index (χ1) is 16.6. The molecule has 0 aromatic rings. The van der Waals surface area contributed by atoms with Crippen molar-refractivity contribution in [3.8, 4) is 0 Å². The largest absolute Gasteiger partial charge is 0.490 e. The van der Waals surface area contributed by atoms with Crippen LogP contribution in [0.15, 0.2) is 29.3 Å². The summed E-state index contributed by atoms with van der Waals surface area (Å²) in [5.41, 5.74) is 9.13. The Bertz CT molecular complexity index is 1070. The molecule has 2 aliphatic heterocycles. The molecule has 0 spiro atoms. The highest BCUT2D eigenvalue weighted by atomic mass is 31.3. The van der Waals surface area contributed by atoms with Gasteiger partial charge < -0.3 is 39.3 Å². The number of carbonyl (C=O) groups is 1. The molecule has 2 heterocycles. The predicted molar refractivity (Wildman–Crippen MR) is 119 cm³/mol. The molecule has 0 bridgehead atoms. The van der Waals surface area contributed by atoms with E-state index in [-0.39, 0.29) is 18.1 Å². The molecule has 21 heteroatoms. The fourth-order valence-electron chi connectivity index (χ4n) is 3.19. The number of hydrogen-bond donors (Lipinski definition) is 5. The Kier molecular flexibility index (Phi) is 10.5. The predicted octanol–water partition coefficient (Wildman–Crippen LogP) is 2.07. The number of amides is 1. The second kappa shape index (κ2) is 12.3. The van der Waals surface area contributed by atoms with Crippen molar-refractivity contribution in [2.24, 2.45) is 5.11 Å². The number of phosphoric acid groups is 3. The molecule has 3 unspecified atom stereocenters. The Labute approximate surface area is 204 Å². The van der Waals surface area contributed by atoms with E-state index in [4.69, 9.17) is 24.8 Å². The van der Waals surface area contributed by atoms with Crippen molar-refractivity contribution in [3.05, 3.63) is 34.6 Å². The maximum atomic E-state index is 12.1. The minimum Gasteiger partial charge on any atom is -0.366 e. The minimum atomic E-state index is -5.70. The minimum absolute atomic E-state index is 0.0737. The SMILES string of the molecule is C=C1NC(=O)C(C)=CN1[C@H]1C[C@@H](OC(CCC)N=[N+]=[N-])[C@@H](COP(=O)(O)OP(=O)(O)OP(=O)(O)O)O1. The van der Waals surface area contributed by atoms with Gasteiger partial charge in [0.05, 0.1) is 12.7 Å². The standard InChI is InChI=1S/C15H26N5O13P3/c1-4-5-13(18-19-16)30-11-6-14(20-7-9(2)15(21)17-10(20)3)31-12(11)8-29-35(25,26)33-36(27,28)32-34(22,23)24/h7,11-14H,3-6,8H2,1-2H3,(H,17,21)(H,25,26)(H,27,28)(H2,22,23,24)/t11-,12-,13?,14-/m1/s1. The molecule has 2 rings (SSSR count). The average Bonchev–Trinajstić information content (AvgIpc) is 3.09. The number of nitrogens with zero attached hydrogens (tertiary/aromatic N) is 4. The van der Waals surface area contributed by atoms with Gasteiger partial charge in [-0.25, -0.2) is 13.7 Å². The molecule has 0 saturated carbocycles. The van der Waals surface area contributed by atoms with E-state index in [0.717, 1.165) is 0 Å². The lowest BCUT2D eigenvalue weighted by atomic mass is 10.1. The van der Waals surface area contributed by atoms with Crippen molar-refractivity contribution in [3.63, 3.8) is 0 Å². The second-order valence-corrected chi connectivity index (χ2v) is 11.9. The van der Waals surface area contributed by atoms with Gasteiger partial charge in [0.2, 0.25) is 0 Å². The van der Waals surface area contributed by atoms with Gasteiger partial charge in [0.1, 0.15) is 24.4 Å². The van der Waals surface area contributed by atoms with Gasteiger partial charge in [-0.3, -0.25) is 9.32 Å². The van der Waals surface area contributed by atoms with Crippen molar-refractivity contribution in [2.75, 3.05) is 6.61 Å². The van der Waals surface area contributed by atoms with Crippen molar-refractivity contribution in [2.45, 2.75) is 57.8 Å². The third-order valence-electron chi connectivity index (χ3n) is 4.62. The van der Waals surface area contributed by atoms with Gasteiger partial charge in [0.25, 0.3) is 5.91 Å². The van der Waals surface area contributed by atoms with Gasteiger partial charge in [-0.15, -0.1) is 0 Å². The van der Waals surface area contributed by atoms with Gasteiger partial charge in [-0.2, -0.15) is 8.62 Å². The van der Waals surface area contributed by atoms with Crippen LogP contribution in [-0.4, -0.2) is 61.7 Å². The number of nitrogens with one attached hydrogen (secondary N) is 1. The van der Waals surface area contributed by atoms with Crippen LogP contribution in [0.4, 0.5) is 0 Å². The van der Waals surface area contributed by atoms with E-state index in [2.05, 4.69) is 35.1 Å². The summed E-state index contributed by atoms with van der Waals surface area (Å²) >= 11 is 0. The summed E-state index contributed by atoms with van der Waals surface area (Å²) in [6, 6.07) is 0. The Morgan fingerprint density at radius 2 is 1.97 bits per heavy atom. The van der Waals surface area contributed by atoms with Crippen LogP contribution >= 0.6 is 23.5 Å². The van der Waals surface area contributed by atoms with Gasteiger partial charge >= 0.3 is 23.5 Å². The Morgan fingerprint density at radius 3 is 2.56 bits per heavy atom. The molecule has 5 N–H and O–H groups in total. The van der Waals surface area contributed by atoms with Crippen molar-refractivity contribution < 1.29 is 60.7 Å². The molecule has 2 aliphatic rings. The van der Waals surface area contributed by atoms with Crippen molar-refractivity contribution in [1.29, 1.82) is 0 Å². The zero-order valence-electron chi connectivity index (χ0n) is 19.0. The number of hydrogen-bond acceptors (Lipinski definition) is 11. The maximum absolute atomic E-state index is 12.1. The Balaban J connectivity index is 2.19. The van der Waals surface area contributed by atoms with E-state index in [1.54, 1.807) is 6.92 Å². The fraction of sp³-hybridized carbons (Fsp3) is 0.667. The molecule has 18 nitrogen and oxygen atoms in total. The van der Waals surface area contributed by atoms with Gasteiger partial charge in [0, 0.05) is 23.1 Å². The summed E-state index contributed by atoms with van der Waals surface area (Å²) in [5.74, 6) is -0.208. The van der Waals surface area contributed by atoms with E-state index in [1.165, 1.54) is 11.1 Å². The van der Waals surface area contributed by atoms with E-state index in [0.29, 0.717) is 18.4 Å². The van der Waals surface area contributed by atoms with Crippen LogP contribution in [0, 0.1) is 0 Å². The van der Waals surface area contributed by atoms with Gasteiger partial charge in [-0.1, -0.05) is 25.0 Å². The molecule has 1 fully saturated rings. The summed E-state index contributed by atoms with van der Waals surface area (Å²) in [4.78, 5) is 52.3. The van der Waals surface area contributed by atoms with Crippen LogP contribution < -0.4 is 5.32 Å². The Hall–Kier alpha value is -1.61. The first-order valence-corrected chi connectivity index (χ1v) is 14.7. The third-order valence-corrected chi connectivity index (χ3v) is 8.42. The van der Waals surface area contributed by atoms with Crippen LogP contribution in [-0.2, 0) is 41.1 Å². The molecule has 0 radical (unpaired) electrons. The summed E-state index contributed by atoms with van der Waals surface area (Å²) in [6.45, 7) is 6.32. The molecular formula is C15H26N5O13P3. The first kappa shape index (κ1) is 30.6. The second-order valence-electron chi connectivity index (χ2n) is 7.49. The zero-order valence-corrected chi connectivity index (χ0v) is 21.7. The molecule has 6 atom stereocenters. The maximum Gasteiger partial charge on any atom is 0.490 e. The van der Waals surface area contributed by atoms with E-state index >= 15 is 0 Å². The van der Waals surface area contributed by atoms with Crippen LogP contribution in [0.25, 0.3) is 10.4 Å². The summed E-state index contributed by atoms with van der Waals surface area (Å²) in [5, 5.41) is 6.08. The number of ether oxygens (including phenoxy) is 2. The summed E-state index contributed by atoms with van der Waals surface area (Å²) in [6.07, 6.45) is -1.36.